The number of aryl methyl sites for hydroxylation is 1. The number of benzene rings is 2. The van der Waals surface area contributed by atoms with Gasteiger partial charge in [0.1, 0.15) is 0 Å². The quantitative estimate of drug-likeness (QED) is 0.392. The number of rotatable bonds is 5. The second-order valence-electron chi connectivity index (χ2n) is 7.76. The second-order valence-corrected chi connectivity index (χ2v) is 9.42. The van der Waals surface area contributed by atoms with Crippen LogP contribution < -0.4 is 32.0 Å². The zero-order valence-electron chi connectivity index (χ0n) is 17.6. The molecule has 2 aliphatic rings. The van der Waals surface area contributed by atoms with Crippen molar-refractivity contribution in [2.45, 2.75) is 19.8 Å². The van der Waals surface area contributed by atoms with E-state index in [-0.39, 0.29) is 12.2 Å². The third-order valence-electron chi connectivity index (χ3n) is 5.73. The van der Waals surface area contributed by atoms with Crippen molar-refractivity contribution in [2.24, 2.45) is 13.4 Å². The number of amidine groups is 1. The van der Waals surface area contributed by atoms with Crippen molar-refractivity contribution in [3.8, 4) is 11.1 Å². The summed E-state index contributed by atoms with van der Waals surface area (Å²) in [6.07, 6.45) is 1.60. The Morgan fingerprint density at radius 1 is 1.12 bits per heavy atom. The van der Waals surface area contributed by atoms with E-state index in [1.165, 1.54) is 6.42 Å². The zero-order chi connectivity index (χ0) is 22.1. The van der Waals surface area contributed by atoms with Crippen LogP contribution >= 0.6 is 0 Å². The SMILES string of the molecule is Cc1c(-c2cccc(C3=C[I-]N=C(CCO)N=N3)c2)c(=O)oc2cc(N3CCC3)ccc12. The third-order valence-corrected chi connectivity index (χ3v) is 7.43. The van der Waals surface area contributed by atoms with Crippen molar-refractivity contribution in [2.75, 3.05) is 24.6 Å². The molecular formula is C24H22IN4O3-. The van der Waals surface area contributed by atoms with Gasteiger partial charge in [0.2, 0.25) is 0 Å². The number of fused-ring (bicyclic) bond motifs is 1. The van der Waals surface area contributed by atoms with Crippen molar-refractivity contribution in [3.05, 3.63) is 68.1 Å². The maximum absolute atomic E-state index is 13.0. The first-order valence-corrected chi connectivity index (χ1v) is 12.7. The molecule has 0 atom stereocenters. The molecule has 32 heavy (non-hydrogen) atoms. The Bertz CT molecular complexity index is 1340. The molecule has 0 amide bonds. The molecule has 0 saturated carbocycles. The summed E-state index contributed by atoms with van der Waals surface area (Å²) in [5.41, 5.74) is 5.24. The topological polar surface area (TPSA) is 90.8 Å². The Hall–Kier alpha value is -2.85. The van der Waals surface area contributed by atoms with Crippen LogP contribution in [0.2, 0.25) is 0 Å². The summed E-state index contributed by atoms with van der Waals surface area (Å²) in [6.45, 7) is 4.06. The summed E-state index contributed by atoms with van der Waals surface area (Å²) in [6, 6.07) is 13.8. The van der Waals surface area contributed by atoms with Crippen LogP contribution in [-0.2, 0) is 0 Å². The van der Waals surface area contributed by atoms with Crippen molar-refractivity contribution in [1.29, 1.82) is 0 Å². The van der Waals surface area contributed by atoms with Gasteiger partial charge in [0, 0.05) is 13.1 Å². The van der Waals surface area contributed by atoms with Gasteiger partial charge in [0.15, 0.2) is 0 Å². The van der Waals surface area contributed by atoms with E-state index in [9.17, 15) is 4.79 Å². The fraction of sp³-hybridized carbons (Fsp3) is 0.250. The van der Waals surface area contributed by atoms with Crippen LogP contribution in [0.4, 0.5) is 5.69 Å². The van der Waals surface area contributed by atoms with Crippen LogP contribution in [-0.4, -0.2) is 30.6 Å². The molecule has 0 spiro atoms. The number of anilines is 1. The average Bonchev–Trinajstić information content (AvgIpc) is 2.99. The van der Waals surface area contributed by atoms with E-state index in [1.807, 2.05) is 47.4 Å². The van der Waals surface area contributed by atoms with Gasteiger partial charge in [-0.15, -0.1) is 0 Å². The number of hydrogen-bond acceptors (Lipinski definition) is 7. The Kier molecular flexibility index (Phi) is 5.88. The Labute approximate surface area is 195 Å². The van der Waals surface area contributed by atoms with Gasteiger partial charge in [0.05, 0.1) is 0 Å². The molecule has 2 aromatic carbocycles. The van der Waals surface area contributed by atoms with Crippen LogP contribution in [0.25, 0.3) is 27.8 Å². The van der Waals surface area contributed by atoms with E-state index in [0.717, 1.165) is 46.6 Å². The van der Waals surface area contributed by atoms with Crippen LogP contribution in [0, 0.1) is 6.92 Å². The van der Waals surface area contributed by atoms with Gasteiger partial charge in [-0.1, -0.05) is 0 Å². The summed E-state index contributed by atoms with van der Waals surface area (Å²) in [5.74, 6) is 0.575. The van der Waals surface area contributed by atoms with Gasteiger partial charge in [-0.2, -0.15) is 0 Å². The van der Waals surface area contributed by atoms with E-state index in [1.54, 1.807) is 0 Å². The first kappa shape index (κ1) is 21.0. The standard InChI is InChI=1S/C24H22IN4O3/c1-15-19-7-6-18(29-9-3-10-29)13-21(19)32-24(31)23(15)17-5-2-4-16(12-17)20-14-25-26-22(8-11-30)28-27-20/h2,4-7,12-14,30H,3,8-11H2,1H3/q-1. The van der Waals surface area contributed by atoms with Crippen molar-refractivity contribution in [1.82, 2.24) is 0 Å². The molecule has 0 unspecified atom stereocenters. The predicted octanol–water partition coefficient (Wildman–Crippen LogP) is 1.53. The molecule has 8 heteroatoms. The summed E-state index contributed by atoms with van der Waals surface area (Å²) >= 11 is -0.596. The van der Waals surface area contributed by atoms with Crippen LogP contribution in [0.3, 0.4) is 0 Å². The molecule has 1 N–H and O–H groups in total. The summed E-state index contributed by atoms with van der Waals surface area (Å²) < 4.78 is 12.2. The molecule has 2 aliphatic heterocycles. The van der Waals surface area contributed by atoms with E-state index in [2.05, 4.69) is 24.4 Å². The van der Waals surface area contributed by atoms with Gasteiger partial charge in [-0.25, -0.2) is 0 Å². The summed E-state index contributed by atoms with van der Waals surface area (Å²) in [4.78, 5) is 15.3. The summed E-state index contributed by atoms with van der Waals surface area (Å²) in [7, 11) is 0. The van der Waals surface area contributed by atoms with Crippen molar-refractivity contribution < 1.29 is 31.0 Å². The number of halogens is 1. The van der Waals surface area contributed by atoms with Gasteiger partial charge in [-0.05, 0) is 6.42 Å². The minimum atomic E-state index is -0.596. The molecule has 7 nitrogen and oxygen atoms in total. The fourth-order valence-corrected chi connectivity index (χ4v) is 5.42. The van der Waals surface area contributed by atoms with E-state index in [4.69, 9.17) is 9.52 Å². The average molecular weight is 541 g/mol. The fourth-order valence-electron chi connectivity index (χ4n) is 3.87. The van der Waals surface area contributed by atoms with Gasteiger partial charge in [0.25, 0.3) is 0 Å². The Balaban J connectivity index is 1.53. The monoisotopic (exact) mass is 541 g/mol. The third kappa shape index (κ3) is 4.00. The molecular weight excluding hydrogens is 519 g/mol. The predicted molar refractivity (Wildman–Crippen MR) is 121 cm³/mol. The number of aliphatic hydroxyl groups is 1. The molecule has 3 aromatic rings. The number of hydrogen-bond donors (Lipinski definition) is 1. The molecule has 164 valence electrons. The Morgan fingerprint density at radius 3 is 2.75 bits per heavy atom. The summed E-state index contributed by atoms with van der Waals surface area (Å²) in [5, 5.41) is 18.6. The number of aliphatic hydroxyl groups excluding tert-OH is 1. The van der Waals surface area contributed by atoms with E-state index in [0.29, 0.717) is 23.4 Å². The van der Waals surface area contributed by atoms with Crippen LogP contribution in [0.1, 0.15) is 24.0 Å². The molecule has 5 rings (SSSR count). The molecule has 0 radical (unpaired) electrons. The minimum absolute atomic E-state index is 0.00293. The first-order chi connectivity index (χ1) is 15.6. The molecule has 3 heterocycles. The van der Waals surface area contributed by atoms with E-state index < -0.39 is 21.5 Å². The zero-order valence-corrected chi connectivity index (χ0v) is 19.7. The van der Waals surface area contributed by atoms with Crippen molar-refractivity contribution in [3.63, 3.8) is 0 Å². The van der Waals surface area contributed by atoms with E-state index >= 15 is 0 Å². The first-order valence-electron chi connectivity index (χ1n) is 10.5. The molecule has 1 fully saturated rings. The van der Waals surface area contributed by atoms with Gasteiger partial charge in [-0.3, -0.25) is 0 Å². The Morgan fingerprint density at radius 2 is 1.97 bits per heavy atom. The maximum atomic E-state index is 13.0. The van der Waals surface area contributed by atoms with Crippen LogP contribution in [0.15, 0.2) is 69.2 Å². The van der Waals surface area contributed by atoms with Crippen molar-refractivity contribution >= 4 is 28.2 Å². The van der Waals surface area contributed by atoms with Gasteiger partial charge < -0.3 is 0 Å². The molecule has 0 bridgehead atoms. The molecule has 0 aliphatic carbocycles. The number of nitrogens with zero attached hydrogens (tertiary/aromatic N) is 4. The van der Waals surface area contributed by atoms with Gasteiger partial charge >= 0.3 is 177 Å². The number of azo groups is 1. The second kappa shape index (κ2) is 8.95. The normalized spacial score (nSPS) is 16.1. The molecule has 1 saturated heterocycles. The molecule has 1 aromatic heterocycles. The van der Waals surface area contributed by atoms with Crippen LogP contribution in [0.5, 0.6) is 0 Å².